The van der Waals surface area contributed by atoms with Crippen molar-refractivity contribution in [1.29, 1.82) is 0 Å². The molecule has 1 aromatic heterocycles. The van der Waals surface area contributed by atoms with Gasteiger partial charge in [-0.25, -0.2) is 13.4 Å². The van der Waals surface area contributed by atoms with E-state index < -0.39 is 32.2 Å². The number of aliphatic hydroxyl groups is 1. The molecule has 0 bridgehead atoms. The number of carbonyl (C=O) groups is 1. The maximum absolute atomic E-state index is 13.1. The topological polar surface area (TPSA) is 127 Å². The molecule has 0 saturated carbocycles. The maximum Gasteiger partial charge on any atom is 0.280 e. The first kappa shape index (κ1) is 22.3. The van der Waals surface area contributed by atoms with Crippen molar-refractivity contribution < 1.29 is 32.3 Å². The van der Waals surface area contributed by atoms with Crippen LogP contribution in [-0.4, -0.2) is 61.3 Å². The number of hydrogen-bond donors (Lipinski definition) is 2. The normalized spacial score (nSPS) is 18.2. The number of amides is 1. The molecule has 2 atom stereocenters. The third kappa shape index (κ3) is 5.19. The highest BCUT2D eigenvalue weighted by Gasteiger charge is 2.31. The number of anilines is 1. The SMILES string of the molecule is C[C@H](CO)ON=C(C(=O)Nc1ncc(F)s1)c1ccc(S(=O)(=O)[C@H]2CCOC2)cc1. The monoisotopic (exact) mass is 457 g/mol. The maximum atomic E-state index is 13.1. The molecule has 0 aliphatic carbocycles. The van der Waals surface area contributed by atoms with Gasteiger partial charge in [-0.2, -0.15) is 4.39 Å². The van der Waals surface area contributed by atoms with Gasteiger partial charge in [-0.05, 0) is 25.5 Å². The molecule has 1 aliphatic heterocycles. The Morgan fingerprint density at radius 1 is 1.47 bits per heavy atom. The molecule has 3 rings (SSSR count). The van der Waals surface area contributed by atoms with Crippen molar-refractivity contribution >= 4 is 37.9 Å². The fourth-order valence-corrected chi connectivity index (χ4v) is 4.74. The molecular formula is C18H20FN3O6S2. The largest absolute Gasteiger partial charge is 0.392 e. The van der Waals surface area contributed by atoms with E-state index in [1.165, 1.54) is 24.3 Å². The highest BCUT2D eigenvalue weighted by molar-refractivity contribution is 7.92. The molecule has 0 unspecified atom stereocenters. The summed E-state index contributed by atoms with van der Waals surface area (Å²) in [6.45, 7) is 1.78. The summed E-state index contributed by atoms with van der Waals surface area (Å²) in [5, 5.41) is 14.2. The van der Waals surface area contributed by atoms with Gasteiger partial charge in [-0.3, -0.25) is 10.1 Å². The van der Waals surface area contributed by atoms with Crippen molar-refractivity contribution in [3.63, 3.8) is 0 Å². The third-order valence-corrected chi connectivity index (χ3v) is 7.16. The summed E-state index contributed by atoms with van der Waals surface area (Å²) < 4.78 is 43.6. The number of thiazole rings is 1. The van der Waals surface area contributed by atoms with Crippen LogP contribution in [0.2, 0.25) is 0 Å². The number of nitrogens with zero attached hydrogens (tertiary/aromatic N) is 2. The fourth-order valence-electron chi connectivity index (χ4n) is 2.62. The van der Waals surface area contributed by atoms with Crippen LogP contribution < -0.4 is 5.32 Å². The summed E-state index contributed by atoms with van der Waals surface area (Å²) in [5.74, 6) is -0.728. The Morgan fingerprint density at radius 2 is 2.20 bits per heavy atom. The van der Waals surface area contributed by atoms with Gasteiger partial charge in [0.15, 0.2) is 25.8 Å². The van der Waals surface area contributed by atoms with E-state index in [0.29, 0.717) is 24.4 Å². The Bertz CT molecular complexity index is 1020. The van der Waals surface area contributed by atoms with Gasteiger partial charge in [0.1, 0.15) is 6.10 Å². The van der Waals surface area contributed by atoms with Gasteiger partial charge in [0, 0.05) is 12.2 Å². The van der Waals surface area contributed by atoms with E-state index in [4.69, 9.17) is 14.7 Å². The molecular weight excluding hydrogens is 437 g/mol. The van der Waals surface area contributed by atoms with Crippen LogP contribution in [0, 0.1) is 5.13 Å². The fraction of sp³-hybridized carbons (Fsp3) is 0.389. The first-order valence-corrected chi connectivity index (χ1v) is 11.4. The number of halogens is 1. The van der Waals surface area contributed by atoms with Crippen molar-refractivity contribution in [2.45, 2.75) is 29.6 Å². The van der Waals surface area contributed by atoms with Gasteiger partial charge in [-0.1, -0.05) is 28.6 Å². The number of aliphatic hydroxyl groups excluding tert-OH is 1. The summed E-state index contributed by atoms with van der Waals surface area (Å²) in [7, 11) is -3.56. The van der Waals surface area contributed by atoms with E-state index in [2.05, 4.69) is 15.5 Å². The predicted octanol–water partition coefficient (Wildman–Crippen LogP) is 1.58. The number of carbonyl (C=O) groups excluding carboxylic acids is 1. The van der Waals surface area contributed by atoms with Crippen molar-refractivity contribution in [2.24, 2.45) is 5.16 Å². The summed E-state index contributed by atoms with van der Waals surface area (Å²) in [5.41, 5.74) is 0.0929. The zero-order valence-electron chi connectivity index (χ0n) is 15.9. The second-order valence-electron chi connectivity index (χ2n) is 6.52. The Morgan fingerprint density at radius 3 is 2.77 bits per heavy atom. The van der Waals surface area contributed by atoms with E-state index in [1.807, 2.05) is 0 Å². The van der Waals surface area contributed by atoms with E-state index in [9.17, 15) is 17.6 Å². The average molecular weight is 458 g/mol. The highest BCUT2D eigenvalue weighted by Crippen LogP contribution is 2.23. The smallest absolute Gasteiger partial charge is 0.280 e. The molecule has 2 heterocycles. The summed E-state index contributed by atoms with van der Waals surface area (Å²) in [6, 6.07) is 5.61. The molecule has 0 spiro atoms. The van der Waals surface area contributed by atoms with Gasteiger partial charge >= 0.3 is 0 Å². The van der Waals surface area contributed by atoms with E-state index >= 15 is 0 Å². The lowest BCUT2D eigenvalue weighted by atomic mass is 10.1. The summed E-state index contributed by atoms with van der Waals surface area (Å²) in [4.78, 5) is 21.6. The Hall–Kier alpha value is -2.41. The number of hydrogen-bond acceptors (Lipinski definition) is 9. The van der Waals surface area contributed by atoms with Crippen molar-refractivity contribution in [2.75, 3.05) is 25.1 Å². The second kappa shape index (κ2) is 9.60. The number of benzene rings is 1. The molecule has 9 nitrogen and oxygen atoms in total. The highest BCUT2D eigenvalue weighted by atomic mass is 32.2. The number of ether oxygens (including phenoxy) is 1. The Balaban J connectivity index is 1.86. The third-order valence-electron chi connectivity index (χ3n) is 4.28. The van der Waals surface area contributed by atoms with E-state index in [1.54, 1.807) is 6.92 Å². The molecule has 1 amide bonds. The second-order valence-corrected chi connectivity index (χ2v) is 9.73. The van der Waals surface area contributed by atoms with E-state index in [-0.39, 0.29) is 34.5 Å². The van der Waals surface area contributed by atoms with Crippen LogP contribution in [0.15, 0.2) is 40.5 Å². The van der Waals surface area contributed by atoms with Crippen molar-refractivity contribution in [1.82, 2.24) is 4.98 Å². The van der Waals surface area contributed by atoms with Crippen molar-refractivity contribution in [3.05, 3.63) is 41.2 Å². The molecule has 2 aromatic rings. The van der Waals surface area contributed by atoms with Crippen LogP contribution >= 0.6 is 11.3 Å². The van der Waals surface area contributed by atoms with Gasteiger partial charge < -0.3 is 14.7 Å². The lowest BCUT2D eigenvalue weighted by Crippen LogP contribution is -2.25. The first-order chi connectivity index (χ1) is 14.3. The lowest BCUT2D eigenvalue weighted by Gasteiger charge is -2.12. The van der Waals surface area contributed by atoms with Gasteiger partial charge in [0.2, 0.25) is 0 Å². The minimum Gasteiger partial charge on any atom is -0.392 e. The van der Waals surface area contributed by atoms with Crippen LogP contribution in [0.1, 0.15) is 18.9 Å². The number of rotatable bonds is 8. The first-order valence-electron chi connectivity index (χ1n) is 9.00. The summed E-state index contributed by atoms with van der Waals surface area (Å²) in [6.07, 6.45) is 0.719. The van der Waals surface area contributed by atoms with Gasteiger partial charge in [0.25, 0.3) is 5.91 Å². The van der Waals surface area contributed by atoms with Gasteiger partial charge in [0.05, 0.1) is 29.6 Å². The number of oxime groups is 1. The zero-order valence-corrected chi connectivity index (χ0v) is 17.6. The minimum atomic E-state index is -3.56. The Labute approximate surface area is 176 Å². The standard InChI is InChI=1S/C18H20FN3O6S2/c1-11(9-23)28-22-16(17(24)21-18-20-8-15(19)29-18)12-2-4-13(5-3-12)30(25,26)14-6-7-27-10-14/h2-5,8,11,14,23H,6-7,9-10H2,1H3,(H,20,21,24)/t11-,14+/m1/s1. The van der Waals surface area contributed by atoms with Crippen LogP contribution in [0.5, 0.6) is 0 Å². The molecule has 162 valence electrons. The summed E-state index contributed by atoms with van der Waals surface area (Å²) >= 11 is 0.641. The predicted molar refractivity (Wildman–Crippen MR) is 108 cm³/mol. The minimum absolute atomic E-state index is 0.0286. The van der Waals surface area contributed by atoms with Crippen LogP contribution in [0.3, 0.4) is 0 Å². The number of aromatic nitrogens is 1. The van der Waals surface area contributed by atoms with Crippen LogP contribution in [0.25, 0.3) is 0 Å². The molecule has 0 radical (unpaired) electrons. The lowest BCUT2D eigenvalue weighted by molar-refractivity contribution is -0.110. The zero-order chi connectivity index (χ0) is 21.7. The van der Waals surface area contributed by atoms with E-state index in [0.717, 1.165) is 6.20 Å². The molecule has 12 heteroatoms. The van der Waals surface area contributed by atoms with Crippen LogP contribution in [0.4, 0.5) is 9.52 Å². The molecule has 1 aromatic carbocycles. The molecule has 1 saturated heterocycles. The van der Waals surface area contributed by atoms with Crippen LogP contribution in [-0.2, 0) is 24.2 Å². The number of sulfone groups is 1. The average Bonchev–Trinajstić information content (AvgIpc) is 3.40. The van der Waals surface area contributed by atoms with Crippen molar-refractivity contribution in [3.8, 4) is 0 Å². The Kier molecular flexibility index (Phi) is 7.13. The molecule has 1 aliphatic rings. The molecule has 1 fully saturated rings. The molecule has 2 N–H and O–H groups in total. The van der Waals surface area contributed by atoms with Gasteiger partial charge in [-0.15, -0.1) is 0 Å². The quantitative estimate of drug-likeness (QED) is 0.455. The molecule has 30 heavy (non-hydrogen) atoms. The number of nitrogens with one attached hydrogen (secondary N) is 1.